The van der Waals surface area contributed by atoms with Gasteiger partial charge >= 0.3 is 0 Å². The minimum Gasteiger partial charge on any atom is -0.493 e. The predicted molar refractivity (Wildman–Crippen MR) is 166 cm³/mol. The number of thioether (sulfide) groups is 1. The summed E-state index contributed by atoms with van der Waals surface area (Å²) >= 11 is 1.27. The molecule has 3 aromatic rings. The van der Waals surface area contributed by atoms with E-state index in [1.807, 2.05) is 32.0 Å². The highest BCUT2D eigenvalue weighted by atomic mass is 32.2. The number of fused-ring (bicyclic) bond motifs is 2. The number of benzene rings is 2. The third-order valence-electron chi connectivity index (χ3n) is 7.32. The largest absolute Gasteiger partial charge is 0.493 e. The minimum atomic E-state index is -0.186. The lowest BCUT2D eigenvalue weighted by Crippen LogP contribution is -2.32. The third-order valence-corrected chi connectivity index (χ3v) is 8.28. The van der Waals surface area contributed by atoms with Crippen molar-refractivity contribution in [3.63, 3.8) is 0 Å². The molecule has 0 saturated heterocycles. The van der Waals surface area contributed by atoms with Crippen LogP contribution in [0.15, 0.2) is 40.3 Å². The molecule has 11 nitrogen and oxygen atoms in total. The zero-order valence-corrected chi connectivity index (χ0v) is 26.1. The first-order valence-corrected chi connectivity index (χ1v) is 15.6. The molecule has 1 N–H and O–H groups in total. The molecule has 2 amide bonds. The molecule has 0 fully saturated rings. The second kappa shape index (κ2) is 15.5. The van der Waals surface area contributed by atoms with Gasteiger partial charge in [-0.1, -0.05) is 24.2 Å². The molecule has 43 heavy (non-hydrogen) atoms. The Morgan fingerprint density at radius 3 is 2.49 bits per heavy atom. The van der Waals surface area contributed by atoms with E-state index in [9.17, 15) is 14.4 Å². The van der Waals surface area contributed by atoms with Gasteiger partial charge < -0.3 is 29.2 Å². The number of methoxy groups -OCH3 is 2. The summed E-state index contributed by atoms with van der Waals surface area (Å²) in [6.07, 6.45) is 3.23. The first-order valence-electron chi connectivity index (χ1n) is 14.6. The lowest BCUT2D eigenvalue weighted by atomic mass is 10.1. The number of hydrogen-bond donors (Lipinski definition) is 1. The summed E-state index contributed by atoms with van der Waals surface area (Å²) in [5, 5.41) is 3.91. The average molecular weight is 613 g/mol. The van der Waals surface area contributed by atoms with Gasteiger partial charge in [0.1, 0.15) is 0 Å². The SMILES string of the molecule is CCN(CC)C(=O)CSc1nc2cc3c(cc2c(=O)n1CCCCCC(=O)NCCc1ccc(OC)c(OC)c1)OCO3. The molecule has 0 spiro atoms. The van der Waals surface area contributed by atoms with Crippen molar-refractivity contribution in [3.05, 3.63) is 46.2 Å². The maximum absolute atomic E-state index is 13.6. The summed E-state index contributed by atoms with van der Waals surface area (Å²) in [5.74, 6) is 2.58. The molecule has 1 aliphatic heterocycles. The topological polar surface area (TPSA) is 121 Å². The highest BCUT2D eigenvalue weighted by Gasteiger charge is 2.20. The highest BCUT2D eigenvalue weighted by molar-refractivity contribution is 7.99. The van der Waals surface area contributed by atoms with Gasteiger partial charge in [0.2, 0.25) is 18.6 Å². The van der Waals surface area contributed by atoms with Crippen molar-refractivity contribution < 1.29 is 28.5 Å². The van der Waals surface area contributed by atoms with Gasteiger partial charge in [-0.2, -0.15) is 0 Å². The zero-order valence-electron chi connectivity index (χ0n) is 25.3. The average Bonchev–Trinajstić information content (AvgIpc) is 3.48. The van der Waals surface area contributed by atoms with Crippen LogP contribution in [-0.4, -0.2) is 72.7 Å². The van der Waals surface area contributed by atoms with Crippen LogP contribution >= 0.6 is 11.8 Å². The summed E-state index contributed by atoms with van der Waals surface area (Å²) in [5.41, 5.74) is 1.37. The molecule has 0 aliphatic carbocycles. The molecule has 0 atom stereocenters. The second-order valence-electron chi connectivity index (χ2n) is 10.0. The number of hydrogen-bond acceptors (Lipinski definition) is 9. The first-order chi connectivity index (χ1) is 20.9. The Kier molecular flexibility index (Phi) is 11.5. The van der Waals surface area contributed by atoms with Crippen LogP contribution < -0.4 is 29.8 Å². The van der Waals surface area contributed by atoms with Gasteiger partial charge in [-0.25, -0.2) is 4.98 Å². The number of carbonyl (C=O) groups is 2. The number of rotatable bonds is 16. The number of carbonyl (C=O) groups excluding carboxylic acids is 2. The van der Waals surface area contributed by atoms with Crippen molar-refractivity contribution in [2.24, 2.45) is 0 Å². The molecule has 4 rings (SSSR count). The second-order valence-corrected chi connectivity index (χ2v) is 11.0. The molecule has 0 saturated carbocycles. The lowest BCUT2D eigenvalue weighted by Gasteiger charge is -2.19. The van der Waals surface area contributed by atoms with Crippen LogP contribution in [0.1, 0.15) is 45.1 Å². The van der Waals surface area contributed by atoms with Crippen molar-refractivity contribution in [2.75, 3.05) is 46.4 Å². The third kappa shape index (κ3) is 8.13. The van der Waals surface area contributed by atoms with Crippen molar-refractivity contribution >= 4 is 34.5 Å². The minimum absolute atomic E-state index is 0.00118. The molecule has 12 heteroatoms. The van der Waals surface area contributed by atoms with Gasteiger partial charge in [0.05, 0.1) is 30.9 Å². The summed E-state index contributed by atoms with van der Waals surface area (Å²) in [6.45, 7) is 6.19. The Morgan fingerprint density at radius 2 is 1.77 bits per heavy atom. The first kappa shape index (κ1) is 32.0. The van der Waals surface area contributed by atoms with Crippen molar-refractivity contribution in [3.8, 4) is 23.0 Å². The fourth-order valence-electron chi connectivity index (χ4n) is 4.90. The van der Waals surface area contributed by atoms with Crippen LogP contribution in [0, 0.1) is 0 Å². The van der Waals surface area contributed by atoms with E-state index in [0.717, 1.165) is 12.0 Å². The van der Waals surface area contributed by atoms with Crippen molar-refractivity contribution in [1.82, 2.24) is 19.8 Å². The van der Waals surface area contributed by atoms with E-state index in [1.165, 1.54) is 11.8 Å². The molecule has 0 bridgehead atoms. The zero-order chi connectivity index (χ0) is 30.8. The summed E-state index contributed by atoms with van der Waals surface area (Å²) in [4.78, 5) is 45.1. The van der Waals surface area contributed by atoms with Crippen LogP contribution in [-0.2, 0) is 22.6 Å². The van der Waals surface area contributed by atoms with E-state index in [-0.39, 0.29) is 29.9 Å². The molecule has 1 aliphatic rings. The molecule has 0 radical (unpaired) electrons. The van der Waals surface area contributed by atoms with Gasteiger partial charge in [0, 0.05) is 38.7 Å². The van der Waals surface area contributed by atoms with Gasteiger partial charge in [0.15, 0.2) is 28.2 Å². The Bertz CT molecular complexity index is 1490. The van der Waals surface area contributed by atoms with E-state index >= 15 is 0 Å². The summed E-state index contributed by atoms with van der Waals surface area (Å²) < 4.78 is 23.2. The number of nitrogens with one attached hydrogen (secondary N) is 1. The van der Waals surface area contributed by atoms with Crippen molar-refractivity contribution in [1.29, 1.82) is 0 Å². The van der Waals surface area contributed by atoms with Crippen LogP contribution in [0.25, 0.3) is 10.9 Å². The van der Waals surface area contributed by atoms with Crippen LogP contribution in [0.3, 0.4) is 0 Å². The number of aromatic nitrogens is 2. The Labute approximate surface area is 255 Å². The standard InChI is InChI=1S/C31H40N4O7S/c1-5-34(6-2)29(37)19-43-31-33-23-18-27-26(41-20-42-27)17-22(23)30(38)35(31)15-9-7-8-10-28(36)32-14-13-21-11-12-24(39-3)25(16-21)40-4/h11-12,16-18H,5-10,13-15,19-20H2,1-4H3,(H,32,36). The smallest absolute Gasteiger partial charge is 0.262 e. The predicted octanol–water partition coefficient (Wildman–Crippen LogP) is 4.02. The monoisotopic (exact) mass is 612 g/mol. The number of unbranched alkanes of at least 4 members (excludes halogenated alkanes) is 2. The fraction of sp³-hybridized carbons (Fsp3) is 0.484. The maximum Gasteiger partial charge on any atom is 0.262 e. The van der Waals surface area contributed by atoms with Gasteiger partial charge in [0.25, 0.3) is 5.56 Å². The fourth-order valence-corrected chi connectivity index (χ4v) is 5.82. The quantitative estimate of drug-likeness (QED) is 0.145. The number of ether oxygens (including phenoxy) is 4. The molecular formula is C31H40N4O7S. The molecular weight excluding hydrogens is 572 g/mol. The molecule has 0 unspecified atom stereocenters. The van der Waals surface area contributed by atoms with Crippen LogP contribution in [0.2, 0.25) is 0 Å². The molecule has 2 aromatic carbocycles. The molecule has 232 valence electrons. The number of nitrogens with zero attached hydrogens (tertiary/aromatic N) is 3. The van der Waals surface area contributed by atoms with E-state index in [1.54, 1.807) is 35.8 Å². The Hall–Kier alpha value is -3.93. The highest BCUT2D eigenvalue weighted by Crippen LogP contribution is 2.35. The van der Waals surface area contributed by atoms with E-state index in [2.05, 4.69) is 5.32 Å². The van der Waals surface area contributed by atoms with Gasteiger partial charge in [-0.15, -0.1) is 0 Å². The van der Waals surface area contributed by atoms with Crippen molar-refractivity contribution in [2.45, 2.75) is 57.7 Å². The molecule has 1 aromatic heterocycles. The summed E-state index contributed by atoms with van der Waals surface area (Å²) in [7, 11) is 3.19. The number of amides is 2. The lowest BCUT2D eigenvalue weighted by molar-refractivity contribution is -0.128. The van der Waals surface area contributed by atoms with E-state index in [4.69, 9.17) is 23.9 Å². The Balaban J connectivity index is 1.32. The maximum atomic E-state index is 13.6. The van der Waals surface area contributed by atoms with Crippen LogP contribution in [0.5, 0.6) is 23.0 Å². The summed E-state index contributed by atoms with van der Waals surface area (Å²) in [6, 6.07) is 9.11. The molecule has 2 heterocycles. The normalized spacial score (nSPS) is 11.9. The van der Waals surface area contributed by atoms with Gasteiger partial charge in [-0.05, 0) is 56.9 Å². The Morgan fingerprint density at radius 1 is 1.02 bits per heavy atom. The van der Waals surface area contributed by atoms with Gasteiger partial charge in [-0.3, -0.25) is 19.0 Å². The van der Waals surface area contributed by atoms with E-state index in [0.29, 0.717) is 90.9 Å². The van der Waals surface area contributed by atoms with E-state index < -0.39 is 0 Å². The van der Waals surface area contributed by atoms with Crippen LogP contribution in [0.4, 0.5) is 0 Å².